The van der Waals surface area contributed by atoms with Crippen LogP contribution in [0.3, 0.4) is 0 Å². The summed E-state index contributed by atoms with van der Waals surface area (Å²) in [5, 5.41) is 2.79. The van der Waals surface area contributed by atoms with Crippen LogP contribution in [-0.4, -0.2) is 17.5 Å². The van der Waals surface area contributed by atoms with Gasteiger partial charge in [-0.15, -0.1) is 0 Å². The van der Waals surface area contributed by atoms with E-state index in [-0.39, 0.29) is 23.0 Å². The molecule has 0 saturated carbocycles. The number of rotatable bonds is 5. The molecular weight excluding hydrogens is 414 g/mol. The lowest BCUT2D eigenvalue weighted by Crippen LogP contribution is -2.23. The number of hydrogen-bond donors (Lipinski definition) is 1. The third-order valence-electron chi connectivity index (χ3n) is 5.57. The van der Waals surface area contributed by atoms with Gasteiger partial charge in [-0.05, 0) is 35.9 Å². The van der Waals surface area contributed by atoms with Crippen LogP contribution in [0.1, 0.15) is 47.8 Å². The molecule has 0 unspecified atom stereocenters. The van der Waals surface area contributed by atoms with Gasteiger partial charge in [0.2, 0.25) is 0 Å². The lowest BCUT2D eigenvalue weighted by molar-refractivity contribution is 0.0978. The molecule has 1 amide bonds. The average Bonchev–Trinajstić information content (AvgIpc) is 2.87. The lowest BCUT2D eigenvalue weighted by Gasteiger charge is -2.20. The molecular formula is C28H19NO4. The first kappa shape index (κ1) is 20.4. The highest BCUT2D eigenvalue weighted by Gasteiger charge is 2.31. The zero-order chi connectivity index (χ0) is 22.8. The van der Waals surface area contributed by atoms with Gasteiger partial charge in [-0.3, -0.25) is 14.4 Å². The highest BCUT2D eigenvalue weighted by atomic mass is 16.5. The Morgan fingerprint density at radius 1 is 0.667 bits per heavy atom. The molecule has 0 spiro atoms. The van der Waals surface area contributed by atoms with E-state index in [1.807, 2.05) is 30.3 Å². The summed E-state index contributed by atoms with van der Waals surface area (Å²) >= 11 is 0. The molecule has 0 radical (unpaired) electrons. The van der Waals surface area contributed by atoms with Crippen LogP contribution in [0.5, 0.6) is 5.75 Å². The quantitative estimate of drug-likeness (QED) is 0.409. The minimum atomic E-state index is -0.378. The zero-order valence-electron chi connectivity index (χ0n) is 17.6. The fraction of sp³-hybridized carbons (Fsp3) is 0.0357. The van der Waals surface area contributed by atoms with E-state index >= 15 is 0 Å². The highest BCUT2D eigenvalue weighted by molar-refractivity contribution is 6.30. The maximum atomic E-state index is 13.1. The van der Waals surface area contributed by atoms with Gasteiger partial charge in [-0.2, -0.15) is 0 Å². The minimum absolute atomic E-state index is 0.220. The van der Waals surface area contributed by atoms with E-state index in [9.17, 15) is 14.4 Å². The summed E-state index contributed by atoms with van der Waals surface area (Å²) in [6, 6.07) is 28.2. The number of amides is 1. The third kappa shape index (κ3) is 3.92. The largest absolute Gasteiger partial charge is 0.489 e. The van der Waals surface area contributed by atoms with E-state index in [1.165, 1.54) is 0 Å². The molecule has 1 aliphatic rings. The average molecular weight is 433 g/mol. The van der Waals surface area contributed by atoms with Crippen molar-refractivity contribution in [2.75, 3.05) is 5.32 Å². The van der Waals surface area contributed by atoms with Gasteiger partial charge >= 0.3 is 0 Å². The lowest BCUT2D eigenvalue weighted by atomic mass is 9.83. The first-order valence-corrected chi connectivity index (χ1v) is 10.5. The predicted octanol–water partition coefficient (Wildman–Crippen LogP) is 5.29. The van der Waals surface area contributed by atoms with Crippen LogP contribution in [0.2, 0.25) is 0 Å². The molecule has 0 bridgehead atoms. The van der Waals surface area contributed by atoms with Crippen molar-refractivity contribution in [2.24, 2.45) is 0 Å². The molecule has 0 fully saturated rings. The van der Waals surface area contributed by atoms with Crippen molar-refractivity contribution in [2.45, 2.75) is 6.61 Å². The molecule has 0 saturated heterocycles. The van der Waals surface area contributed by atoms with Crippen molar-refractivity contribution in [1.29, 1.82) is 0 Å². The van der Waals surface area contributed by atoms with Gasteiger partial charge in [0.05, 0.1) is 11.3 Å². The Morgan fingerprint density at radius 2 is 1.30 bits per heavy atom. The number of carbonyl (C=O) groups is 3. The number of ketones is 2. The fourth-order valence-corrected chi connectivity index (χ4v) is 3.89. The number of nitrogens with one attached hydrogen (secondary N) is 1. The summed E-state index contributed by atoms with van der Waals surface area (Å²) in [6.45, 7) is 0.431. The Bertz CT molecular complexity index is 1370. The van der Waals surface area contributed by atoms with Gasteiger partial charge in [-0.25, -0.2) is 0 Å². The SMILES string of the molecule is O=C(Nc1cccc2c1C(=O)c1ccccc1C2=O)c1ccc(OCc2ccccc2)cc1. The van der Waals surface area contributed by atoms with Crippen LogP contribution in [0.15, 0.2) is 97.1 Å². The van der Waals surface area contributed by atoms with E-state index in [2.05, 4.69) is 5.32 Å². The number of benzene rings is 4. The first-order valence-electron chi connectivity index (χ1n) is 10.5. The molecule has 5 nitrogen and oxygen atoms in total. The van der Waals surface area contributed by atoms with Gasteiger partial charge in [0.15, 0.2) is 11.6 Å². The Morgan fingerprint density at radius 3 is 2.03 bits per heavy atom. The number of hydrogen-bond acceptors (Lipinski definition) is 4. The Balaban J connectivity index is 1.35. The van der Waals surface area contributed by atoms with Crippen LogP contribution in [0.4, 0.5) is 5.69 Å². The van der Waals surface area contributed by atoms with Crippen molar-refractivity contribution in [3.05, 3.63) is 130 Å². The summed E-state index contributed by atoms with van der Waals surface area (Å²) in [7, 11) is 0. The first-order chi connectivity index (χ1) is 16.1. The molecule has 0 aliphatic heterocycles. The predicted molar refractivity (Wildman–Crippen MR) is 125 cm³/mol. The molecule has 0 aromatic heterocycles. The van der Waals surface area contributed by atoms with Crippen LogP contribution in [0, 0.1) is 0 Å². The number of carbonyl (C=O) groups excluding carboxylic acids is 3. The van der Waals surface area contributed by atoms with E-state index in [0.717, 1.165) is 5.56 Å². The van der Waals surface area contributed by atoms with Crippen molar-refractivity contribution >= 4 is 23.2 Å². The normalized spacial score (nSPS) is 12.0. The molecule has 33 heavy (non-hydrogen) atoms. The van der Waals surface area contributed by atoms with Crippen molar-refractivity contribution < 1.29 is 19.1 Å². The summed E-state index contributed by atoms with van der Waals surface area (Å²) in [6.07, 6.45) is 0. The summed E-state index contributed by atoms with van der Waals surface area (Å²) in [5.41, 5.74) is 3.01. The summed E-state index contributed by atoms with van der Waals surface area (Å²) in [5.74, 6) is -0.237. The molecule has 0 atom stereocenters. The number of ether oxygens (including phenoxy) is 1. The van der Waals surface area contributed by atoms with Gasteiger partial charge in [0.25, 0.3) is 5.91 Å². The van der Waals surface area contributed by atoms with Crippen molar-refractivity contribution in [1.82, 2.24) is 0 Å². The number of anilines is 1. The monoisotopic (exact) mass is 433 g/mol. The number of fused-ring (bicyclic) bond motifs is 2. The fourth-order valence-electron chi connectivity index (χ4n) is 3.89. The van der Waals surface area contributed by atoms with Crippen LogP contribution < -0.4 is 10.1 Å². The zero-order valence-corrected chi connectivity index (χ0v) is 17.6. The molecule has 4 aromatic carbocycles. The maximum Gasteiger partial charge on any atom is 0.255 e. The van der Waals surface area contributed by atoms with Gasteiger partial charge in [0, 0.05) is 22.3 Å². The molecule has 160 valence electrons. The van der Waals surface area contributed by atoms with Gasteiger partial charge in [0.1, 0.15) is 12.4 Å². The summed E-state index contributed by atoms with van der Waals surface area (Å²) in [4.78, 5) is 38.9. The van der Waals surface area contributed by atoms with Gasteiger partial charge in [-0.1, -0.05) is 66.7 Å². The maximum absolute atomic E-state index is 13.1. The molecule has 5 heteroatoms. The molecule has 1 aliphatic carbocycles. The Kier molecular flexibility index (Phi) is 5.29. The van der Waals surface area contributed by atoms with E-state index in [0.29, 0.717) is 40.3 Å². The Hall–Kier alpha value is -4.51. The van der Waals surface area contributed by atoms with E-state index in [1.54, 1.807) is 66.7 Å². The topological polar surface area (TPSA) is 72.5 Å². The van der Waals surface area contributed by atoms with Crippen molar-refractivity contribution in [3.63, 3.8) is 0 Å². The van der Waals surface area contributed by atoms with Crippen molar-refractivity contribution in [3.8, 4) is 5.75 Å². The Labute approximate surface area is 190 Å². The van der Waals surface area contributed by atoms with Crippen LogP contribution >= 0.6 is 0 Å². The summed E-state index contributed by atoms with van der Waals surface area (Å²) < 4.78 is 5.76. The van der Waals surface area contributed by atoms with E-state index in [4.69, 9.17) is 4.74 Å². The van der Waals surface area contributed by atoms with E-state index < -0.39 is 0 Å². The second kappa shape index (κ2) is 8.55. The molecule has 4 aromatic rings. The second-order valence-corrected chi connectivity index (χ2v) is 7.68. The molecule has 1 N–H and O–H groups in total. The standard InChI is InChI=1S/C28H19NO4/c30-26-21-9-4-5-10-22(21)27(31)25-23(26)11-6-12-24(25)29-28(32)19-13-15-20(16-14-19)33-17-18-7-2-1-3-8-18/h1-16H,17H2,(H,29,32). The third-order valence-corrected chi connectivity index (χ3v) is 5.57. The minimum Gasteiger partial charge on any atom is -0.489 e. The smallest absolute Gasteiger partial charge is 0.255 e. The molecule has 5 rings (SSSR count). The van der Waals surface area contributed by atoms with Gasteiger partial charge < -0.3 is 10.1 Å². The van der Waals surface area contributed by atoms with Crippen LogP contribution in [-0.2, 0) is 6.61 Å². The van der Waals surface area contributed by atoms with Crippen LogP contribution in [0.25, 0.3) is 0 Å². The second-order valence-electron chi connectivity index (χ2n) is 7.68. The highest BCUT2D eigenvalue weighted by Crippen LogP contribution is 2.32. The molecule has 0 heterocycles.